The van der Waals surface area contributed by atoms with E-state index in [9.17, 15) is 4.79 Å². The average molecular weight is 342 g/mol. The Kier molecular flexibility index (Phi) is 4.34. The molecular weight excluding hydrogens is 322 g/mol. The van der Waals surface area contributed by atoms with Gasteiger partial charge in [0, 0.05) is 18.6 Å². The van der Waals surface area contributed by atoms with Gasteiger partial charge in [0.25, 0.3) is 5.56 Å². The van der Waals surface area contributed by atoms with Gasteiger partial charge in [0.05, 0.1) is 24.5 Å². The molecule has 2 rings (SSSR count). The second-order valence-corrected chi connectivity index (χ2v) is 6.42. The molecule has 0 aromatic carbocycles. The molecule has 5 nitrogen and oxygen atoms in total. The van der Waals surface area contributed by atoms with Crippen molar-refractivity contribution in [3.05, 3.63) is 33.7 Å². The highest BCUT2D eigenvalue weighted by atomic mass is 79.9. The zero-order valence-electron chi connectivity index (χ0n) is 12.0. The van der Waals surface area contributed by atoms with Crippen LogP contribution < -0.4 is 10.9 Å². The Morgan fingerprint density at radius 2 is 2.40 bits per heavy atom. The number of ether oxygens (including phenoxy) is 1. The monoisotopic (exact) mass is 341 g/mol. The second kappa shape index (κ2) is 5.69. The molecule has 20 heavy (non-hydrogen) atoms. The molecule has 0 saturated heterocycles. The fourth-order valence-electron chi connectivity index (χ4n) is 2.54. The number of rotatable bonds is 5. The van der Waals surface area contributed by atoms with Crippen LogP contribution in [0.2, 0.25) is 0 Å². The molecule has 1 aliphatic rings. The van der Waals surface area contributed by atoms with Crippen molar-refractivity contribution in [2.75, 3.05) is 12.4 Å². The number of aromatic nitrogens is 2. The van der Waals surface area contributed by atoms with Crippen molar-refractivity contribution in [1.82, 2.24) is 9.78 Å². The van der Waals surface area contributed by atoms with Gasteiger partial charge in [-0.05, 0) is 22.4 Å². The average Bonchev–Trinajstić information content (AvgIpc) is 2.41. The molecule has 1 heterocycles. The number of nitrogens with one attached hydrogen (secondary N) is 1. The van der Waals surface area contributed by atoms with E-state index in [-0.39, 0.29) is 23.1 Å². The van der Waals surface area contributed by atoms with E-state index in [4.69, 9.17) is 4.74 Å². The van der Waals surface area contributed by atoms with Crippen LogP contribution in [-0.2, 0) is 11.3 Å². The van der Waals surface area contributed by atoms with Crippen LogP contribution in [0, 0.1) is 5.41 Å². The summed E-state index contributed by atoms with van der Waals surface area (Å²) in [4.78, 5) is 12.1. The van der Waals surface area contributed by atoms with Crippen LogP contribution in [0.4, 0.5) is 5.69 Å². The molecule has 110 valence electrons. The van der Waals surface area contributed by atoms with E-state index in [1.807, 2.05) is 0 Å². The zero-order valence-corrected chi connectivity index (χ0v) is 13.6. The first-order valence-corrected chi connectivity index (χ1v) is 7.37. The molecule has 0 spiro atoms. The summed E-state index contributed by atoms with van der Waals surface area (Å²) in [5, 5.41) is 7.52. The summed E-state index contributed by atoms with van der Waals surface area (Å²) in [7, 11) is 1.73. The molecule has 1 aliphatic carbocycles. The quantitative estimate of drug-likeness (QED) is 0.835. The summed E-state index contributed by atoms with van der Waals surface area (Å²) in [6.07, 6.45) is 4.48. The number of anilines is 1. The Morgan fingerprint density at radius 1 is 1.70 bits per heavy atom. The molecule has 0 bridgehead atoms. The maximum atomic E-state index is 12.1. The molecule has 0 amide bonds. The molecule has 1 saturated carbocycles. The highest BCUT2D eigenvalue weighted by Crippen LogP contribution is 2.44. The van der Waals surface area contributed by atoms with E-state index in [0.717, 1.165) is 12.1 Å². The Balaban J connectivity index is 2.18. The normalized spacial score (nSPS) is 24.0. The van der Waals surface area contributed by atoms with Crippen molar-refractivity contribution in [2.45, 2.75) is 39.0 Å². The standard InChI is InChI=1S/C14H20BrN3O2/c1-5-6-18-13(19)12(15)9(8-16-18)17-10-7-11(20-4)14(10,2)3/h5,8,10-11,17H,1,6-7H2,2-4H3. The Labute approximate surface area is 127 Å². The molecule has 2 unspecified atom stereocenters. The second-order valence-electron chi connectivity index (χ2n) is 5.63. The first-order valence-electron chi connectivity index (χ1n) is 6.57. The van der Waals surface area contributed by atoms with Crippen LogP contribution in [0.15, 0.2) is 28.1 Å². The Bertz CT molecular complexity index is 568. The Morgan fingerprint density at radius 3 is 2.95 bits per heavy atom. The third kappa shape index (κ3) is 2.54. The van der Waals surface area contributed by atoms with E-state index >= 15 is 0 Å². The third-order valence-electron chi connectivity index (χ3n) is 4.08. The first kappa shape index (κ1) is 15.3. The number of allylic oxidation sites excluding steroid dienone is 1. The van der Waals surface area contributed by atoms with Crippen molar-refractivity contribution < 1.29 is 4.74 Å². The van der Waals surface area contributed by atoms with Gasteiger partial charge in [0.2, 0.25) is 0 Å². The summed E-state index contributed by atoms with van der Waals surface area (Å²) in [5.74, 6) is 0. The van der Waals surface area contributed by atoms with E-state index < -0.39 is 0 Å². The zero-order chi connectivity index (χ0) is 14.9. The largest absolute Gasteiger partial charge is 0.381 e. The van der Waals surface area contributed by atoms with Crippen LogP contribution in [0.25, 0.3) is 0 Å². The van der Waals surface area contributed by atoms with Gasteiger partial charge in [0.15, 0.2) is 0 Å². The van der Waals surface area contributed by atoms with E-state index in [2.05, 4.69) is 46.8 Å². The van der Waals surface area contributed by atoms with Gasteiger partial charge in [-0.15, -0.1) is 6.58 Å². The molecule has 1 aromatic rings. The number of nitrogens with zero attached hydrogens (tertiary/aromatic N) is 2. The van der Waals surface area contributed by atoms with E-state index in [1.165, 1.54) is 4.68 Å². The van der Waals surface area contributed by atoms with Crippen molar-refractivity contribution in [3.8, 4) is 0 Å². The van der Waals surface area contributed by atoms with Gasteiger partial charge in [-0.2, -0.15) is 5.10 Å². The summed E-state index contributed by atoms with van der Waals surface area (Å²) < 4.78 is 7.30. The molecule has 1 aromatic heterocycles. The van der Waals surface area contributed by atoms with Crippen LogP contribution in [0.3, 0.4) is 0 Å². The van der Waals surface area contributed by atoms with Gasteiger partial charge in [-0.25, -0.2) is 4.68 Å². The topological polar surface area (TPSA) is 56.1 Å². The lowest BCUT2D eigenvalue weighted by molar-refractivity contribution is -0.0794. The highest BCUT2D eigenvalue weighted by molar-refractivity contribution is 9.10. The van der Waals surface area contributed by atoms with Crippen LogP contribution >= 0.6 is 15.9 Å². The summed E-state index contributed by atoms with van der Waals surface area (Å²) in [6.45, 7) is 8.32. The molecule has 1 N–H and O–H groups in total. The number of halogens is 1. The lowest BCUT2D eigenvalue weighted by atomic mass is 9.64. The minimum Gasteiger partial charge on any atom is -0.381 e. The summed E-state index contributed by atoms with van der Waals surface area (Å²) in [6, 6.07) is 0.264. The smallest absolute Gasteiger partial charge is 0.283 e. The summed E-state index contributed by atoms with van der Waals surface area (Å²) in [5.41, 5.74) is 0.600. The fraction of sp³-hybridized carbons (Fsp3) is 0.571. The molecule has 2 atom stereocenters. The van der Waals surface area contributed by atoms with Crippen molar-refractivity contribution >= 4 is 21.6 Å². The van der Waals surface area contributed by atoms with Crippen molar-refractivity contribution in [3.63, 3.8) is 0 Å². The van der Waals surface area contributed by atoms with Gasteiger partial charge in [-0.3, -0.25) is 4.79 Å². The van der Waals surface area contributed by atoms with Crippen LogP contribution in [0.5, 0.6) is 0 Å². The molecular formula is C14H20BrN3O2. The maximum Gasteiger partial charge on any atom is 0.283 e. The van der Waals surface area contributed by atoms with Crippen LogP contribution in [-0.4, -0.2) is 29.0 Å². The minimum absolute atomic E-state index is 0.0319. The number of methoxy groups -OCH3 is 1. The SMILES string of the molecule is C=CCn1ncc(NC2CC(OC)C2(C)C)c(Br)c1=O. The maximum absolute atomic E-state index is 12.1. The molecule has 1 fully saturated rings. The third-order valence-corrected chi connectivity index (χ3v) is 4.85. The minimum atomic E-state index is -0.157. The van der Waals surface area contributed by atoms with Crippen molar-refractivity contribution in [2.24, 2.45) is 5.41 Å². The lowest BCUT2D eigenvalue weighted by Gasteiger charge is -2.51. The predicted octanol–water partition coefficient (Wildman–Crippen LogP) is 2.42. The molecule has 6 heteroatoms. The molecule has 0 aliphatic heterocycles. The van der Waals surface area contributed by atoms with Crippen LogP contribution in [0.1, 0.15) is 20.3 Å². The van der Waals surface area contributed by atoms with Gasteiger partial charge < -0.3 is 10.1 Å². The fourth-order valence-corrected chi connectivity index (χ4v) is 2.96. The molecule has 0 radical (unpaired) electrons. The van der Waals surface area contributed by atoms with E-state index in [1.54, 1.807) is 19.4 Å². The van der Waals surface area contributed by atoms with Gasteiger partial charge in [-0.1, -0.05) is 19.9 Å². The lowest BCUT2D eigenvalue weighted by Crippen LogP contribution is -2.57. The van der Waals surface area contributed by atoms with Gasteiger partial charge >= 0.3 is 0 Å². The summed E-state index contributed by atoms with van der Waals surface area (Å²) >= 11 is 3.35. The number of hydrogen-bond acceptors (Lipinski definition) is 4. The Hall–Kier alpha value is -1.14. The predicted molar refractivity (Wildman–Crippen MR) is 83.0 cm³/mol. The highest BCUT2D eigenvalue weighted by Gasteiger charge is 2.48. The first-order chi connectivity index (χ1) is 9.41. The van der Waals surface area contributed by atoms with Crippen molar-refractivity contribution in [1.29, 1.82) is 0 Å². The number of hydrogen-bond donors (Lipinski definition) is 1. The van der Waals surface area contributed by atoms with Gasteiger partial charge in [0.1, 0.15) is 4.47 Å². The van der Waals surface area contributed by atoms with E-state index in [0.29, 0.717) is 11.0 Å².